The van der Waals surface area contributed by atoms with Crippen LogP contribution in [0, 0.1) is 0 Å². The van der Waals surface area contributed by atoms with Gasteiger partial charge in [0.05, 0.1) is 23.3 Å². The van der Waals surface area contributed by atoms with Gasteiger partial charge in [0.2, 0.25) is 0 Å². The third-order valence-corrected chi connectivity index (χ3v) is 7.68. The normalized spacial score (nSPS) is 11.9. The van der Waals surface area contributed by atoms with Crippen LogP contribution in [0.5, 0.6) is 34.5 Å². The SMILES string of the molecule is CCCCCCCCCCCCOCC(O)COc1ccc(-c2nc(-c3ccc(O)cc3O)nc(-c3ccc(O)cc3O)n2)c(O)c1. The van der Waals surface area contributed by atoms with Crippen LogP contribution >= 0.6 is 0 Å². The molecule has 1 aromatic heterocycles. The molecule has 1 heterocycles. The predicted octanol–water partition coefficient (Wildman–Crippen LogP) is 7.08. The van der Waals surface area contributed by atoms with Gasteiger partial charge in [0.1, 0.15) is 47.2 Å². The Hall–Kier alpha value is -4.61. The average molecular weight is 648 g/mol. The lowest BCUT2D eigenvalue weighted by Gasteiger charge is -2.14. The summed E-state index contributed by atoms with van der Waals surface area (Å²) in [5.41, 5.74) is 0.559. The Morgan fingerprint density at radius 1 is 0.553 bits per heavy atom. The Kier molecular flexibility index (Phi) is 13.4. The number of phenols is 5. The van der Waals surface area contributed by atoms with Gasteiger partial charge in [-0.15, -0.1) is 0 Å². The second-order valence-electron chi connectivity index (χ2n) is 11.6. The summed E-state index contributed by atoms with van der Waals surface area (Å²) in [5.74, 6) is -0.763. The molecule has 0 aliphatic carbocycles. The van der Waals surface area contributed by atoms with E-state index in [4.69, 9.17) is 9.47 Å². The van der Waals surface area contributed by atoms with Crippen LogP contribution in [0.3, 0.4) is 0 Å². The van der Waals surface area contributed by atoms with Crippen LogP contribution in [0.1, 0.15) is 71.1 Å². The van der Waals surface area contributed by atoms with Gasteiger partial charge in [-0.1, -0.05) is 64.7 Å². The van der Waals surface area contributed by atoms with E-state index in [1.54, 1.807) is 6.07 Å². The molecular formula is C36H45N3O8. The van der Waals surface area contributed by atoms with Gasteiger partial charge in [0.15, 0.2) is 17.5 Å². The molecule has 0 saturated carbocycles. The number of hydrogen-bond acceptors (Lipinski definition) is 11. The molecule has 1 unspecified atom stereocenters. The summed E-state index contributed by atoms with van der Waals surface area (Å²) in [7, 11) is 0. The van der Waals surface area contributed by atoms with Gasteiger partial charge in [-0.25, -0.2) is 15.0 Å². The first-order valence-electron chi connectivity index (χ1n) is 16.3. The minimum Gasteiger partial charge on any atom is -0.508 e. The summed E-state index contributed by atoms with van der Waals surface area (Å²) < 4.78 is 11.3. The lowest BCUT2D eigenvalue weighted by atomic mass is 10.1. The summed E-state index contributed by atoms with van der Waals surface area (Å²) in [4.78, 5) is 13.3. The molecule has 6 N–H and O–H groups in total. The highest BCUT2D eigenvalue weighted by molar-refractivity contribution is 5.74. The minimum absolute atomic E-state index is 0.00984. The van der Waals surface area contributed by atoms with Gasteiger partial charge in [-0.3, -0.25) is 0 Å². The van der Waals surface area contributed by atoms with E-state index >= 15 is 0 Å². The predicted molar refractivity (Wildman–Crippen MR) is 179 cm³/mol. The fourth-order valence-corrected chi connectivity index (χ4v) is 5.10. The first-order chi connectivity index (χ1) is 22.7. The molecule has 0 aliphatic heterocycles. The Morgan fingerprint density at radius 2 is 1.00 bits per heavy atom. The van der Waals surface area contributed by atoms with Crippen molar-refractivity contribution in [2.75, 3.05) is 19.8 Å². The molecule has 3 aromatic carbocycles. The van der Waals surface area contributed by atoms with Gasteiger partial charge in [0, 0.05) is 24.8 Å². The van der Waals surface area contributed by atoms with E-state index in [1.165, 1.54) is 87.8 Å². The van der Waals surface area contributed by atoms with Gasteiger partial charge in [-0.2, -0.15) is 0 Å². The molecule has 1 atom stereocenters. The number of nitrogens with zero attached hydrogens (tertiary/aromatic N) is 3. The van der Waals surface area contributed by atoms with Crippen LogP contribution in [0.4, 0.5) is 0 Å². The average Bonchev–Trinajstić information content (AvgIpc) is 3.04. The zero-order valence-electron chi connectivity index (χ0n) is 26.8. The number of phenolic OH excluding ortho intramolecular Hbond substituents is 5. The van der Waals surface area contributed by atoms with E-state index < -0.39 is 6.10 Å². The lowest BCUT2D eigenvalue weighted by Crippen LogP contribution is -2.23. The van der Waals surface area contributed by atoms with Crippen LogP contribution in [-0.4, -0.2) is 71.5 Å². The third kappa shape index (κ3) is 10.7. The standard InChI is InChI=1S/C36H45N3O8/c1-2-3-4-5-6-7-8-9-10-11-18-46-22-26(42)23-47-27-14-17-30(33(45)21-27)36-38-34(28-15-12-24(40)19-31(28)43)37-35(39-36)29-16-13-25(41)20-32(29)44/h12-17,19-21,26,40-45H,2-11,18,22-23H2,1H3. The number of aromatic hydroxyl groups is 5. The van der Waals surface area contributed by atoms with Crippen LogP contribution in [0.25, 0.3) is 34.2 Å². The van der Waals surface area contributed by atoms with E-state index in [2.05, 4.69) is 21.9 Å². The smallest absolute Gasteiger partial charge is 0.167 e. The number of aromatic nitrogens is 3. The maximum Gasteiger partial charge on any atom is 0.167 e. The lowest BCUT2D eigenvalue weighted by molar-refractivity contribution is 0.0109. The molecular weight excluding hydrogens is 602 g/mol. The van der Waals surface area contributed by atoms with Crippen LogP contribution in [0.15, 0.2) is 54.6 Å². The zero-order valence-corrected chi connectivity index (χ0v) is 26.8. The van der Waals surface area contributed by atoms with Crippen molar-refractivity contribution >= 4 is 0 Å². The highest BCUT2D eigenvalue weighted by Gasteiger charge is 2.19. The van der Waals surface area contributed by atoms with Crippen molar-refractivity contribution in [3.05, 3.63) is 54.6 Å². The fourth-order valence-electron chi connectivity index (χ4n) is 5.10. The Balaban J connectivity index is 1.35. The molecule has 0 aliphatic rings. The fraction of sp³-hybridized carbons (Fsp3) is 0.417. The number of benzene rings is 3. The molecule has 0 amide bonds. The summed E-state index contributed by atoms with van der Waals surface area (Å²) in [6.07, 6.45) is 11.6. The van der Waals surface area contributed by atoms with Crippen molar-refractivity contribution < 1.29 is 40.1 Å². The number of unbranched alkanes of at least 4 members (excludes halogenated alkanes) is 9. The maximum atomic E-state index is 10.9. The Labute approximate surface area is 275 Å². The zero-order chi connectivity index (χ0) is 33.6. The summed E-state index contributed by atoms with van der Waals surface area (Å²) in [6, 6.07) is 12.3. The van der Waals surface area contributed by atoms with Crippen LogP contribution in [-0.2, 0) is 4.74 Å². The Morgan fingerprint density at radius 3 is 1.47 bits per heavy atom. The van der Waals surface area contributed by atoms with Crippen molar-refractivity contribution in [3.8, 4) is 68.7 Å². The number of ether oxygens (including phenoxy) is 2. The molecule has 4 rings (SSSR count). The summed E-state index contributed by atoms with van der Waals surface area (Å²) in [5, 5.41) is 61.6. The topological polar surface area (TPSA) is 179 Å². The van der Waals surface area contributed by atoms with Gasteiger partial charge >= 0.3 is 0 Å². The van der Waals surface area contributed by atoms with E-state index in [0.717, 1.165) is 25.0 Å². The molecule has 0 radical (unpaired) electrons. The van der Waals surface area contributed by atoms with Crippen molar-refractivity contribution in [2.45, 2.75) is 77.2 Å². The second-order valence-corrected chi connectivity index (χ2v) is 11.6. The molecule has 4 aromatic rings. The molecule has 0 bridgehead atoms. The molecule has 252 valence electrons. The molecule has 0 spiro atoms. The largest absolute Gasteiger partial charge is 0.508 e. The number of aliphatic hydroxyl groups is 1. The number of hydrogen-bond donors (Lipinski definition) is 6. The second kappa shape index (κ2) is 17.9. The van der Waals surface area contributed by atoms with Gasteiger partial charge in [0.25, 0.3) is 0 Å². The van der Waals surface area contributed by atoms with Crippen molar-refractivity contribution in [3.63, 3.8) is 0 Å². The first-order valence-corrected chi connectivity index (χ1v) is 16.3. The Bertz CT molecular complexity index is 1510. The van der Waals surface area contributed by atoms with Gasteiger partial charge in [-0.05, 0) is 42.8 Å². The third-order valence-electron chi connectivity index (χ3n) is 7.68. The highest BCUT2D eigenvalue weighted by atomic mass is 16.5. The minimum atomic E-state index is -0.843. The first kappa shape index (κ1) is 35.2. The van der Waals surface area contributed by atoms with Crippen molar-refractivity contribution in [2.24, 2.45) is 0 Å². The van der Waals surface area contributed by atoms with E-state index in [0.29, 0.717) is 12.4 Å². The monoisotopic (exact) mass is 647 g/mol. The van der Waals surface area contributed by atoms with E-state index in [1.807, 2.05) is 0 Å². The van der Waals surface area contributed by atoms with E-state index in [9.17, 15) is 30.6 Å². The summed E-state index contributed by atoms with van der Waals surface area (Å²) in [6.45, 7) is 2.93. The highest BCUT2D eigenvalue weighted by Crippen LogP contribution is 2.37. The molecule has 47 heavy (non-hydrogen) atoms. The quantitative estimate of drug-likeness (QED) is 0.0573. The van der Waals surface area contributed by atoms with Crippen LogP contribution in [0.2, 0.25) is 0 Å². The van der Waals surface area contributed by atoms with Crippen molar-refractivity contribution in [1.82, 2.24) is 15.0 Å². The van der Waals surface area contributed by atoms with Crippen molar-refractivity contribution in [1.29, 1.82) is 0 Å². The van der Waals surface area contributed by atoms with Crippen LogP contribution < -0.4 is 4.74 Å². The number of rotatable bonds is 19. The maximum absolute atomic E-state index is 10.9. The summed E-state index contributed by atoms with van der Waals surface area (Å²) >= 11 is 0. The molecule has 0 fully saturated rings. The van der Waals surface area contributed by atoms with E-state index in [-0.39, 0.29) is 76.1 Å². The number of aliphatic hydroxyl groups excluding tert-OH is 1. The molecule has 0 saturated heterocycles. The molecule has 11 heteroatoms. The molecule has 11 nitrogen and oxygen atoms in total. The van der Waals surface area contributed by atoms with Gasteiger partial charge < -0.3 is 40.1 Å².